The molecule has 0 saturated heterocycles. The van der Waals surface area contributed by atoms with Crippen LogP contribution in [-0.4, -0.2) is 29.7 Å². The minimum Gasteiger partial charge on any atom is -0.376 e. The third kappa shape index (κ3) is 2.96. The van der Waals surface area contributed by atoms with Crippen LogP contribution in [0.3, 0.4) is 0 Å². The SMILES string of the molecule is Cc1cc(C(=O)Cn2ncc(N(C)C)cc2=O)c(C)s1. The second kappa shape index (κ2) is 5.58. The zero-order valence-electron chi connectivity index (χ0n) is 12.0. The van der Waals surface area contributed by atoms with Gasteiger partial charge in [-0.3, -0.25) is 9.59 Å². The largest absolute Gasteiger partial charge is 0.376 e. The highest BCUT2D eigenvalue weighted by Gasteiger charge is 2.14. The van der Waals surface area contributed by atoms with Crippen LogP contribution in [0, 0.1) is 13.8 Å². The number of carbonyl (C=O) groups excluding carboxylic acids is 1. The van der Waals surface area contributed by atoms with Crippen LogP contribution < -0.4 is 10.5 Å². The molecule has 2 rings (SSSR count). The van der Waals surface area contributed by atoms with Crippen molar-refractivity contribution < 1.29 is 4.79 Å². The lowest BCUT2D eigenvalue weighted by Gasteiger charge is -2.12. The van der Waals surface area contributed by atoms with Crippen LogP contribution in [0.25, 0.3) is 0 Å². The van der Waals surface area contributed by atoms with Gasteiger partial charge in [0, 0.05) is 35.5 Å². The molecule has 106 valence electrons. The molecule has 0 aliphatic carbocycles. The van der Waals surface area contributed by atoms with Gasteiger partial charge in [0.1, 0.15) is 6.54 Å². The number of carbonyl (C=O) groups is 1. The molecule has 0 aliphatic heterocycles. The Hall–Kier alpha value is -1.95. The summed E-state index contributed by atoms with van der Waals surface area (Å²) < 4.78 is 1.20. The molecule has 0 radical (unpaired) electrons. The Balaban J connectivity index is 2.24. The summed E-state index contributed by atoms with van der Waals surface area (Å²) in [6, 6.07) is 3.34. The van der Waals surface area contributed by atoms with Crippen LogP contribution in [0.5, 0.6) is 0 Å². The van der Waals surface area contributed by atoms with Crippen LogP contribution >= 0.6 is 11.3 Å². The van der Waals surface area contributed by atoms with Crippen LogP contribution in [0.15, 0.2) is 23.1 Å². The van der Waals surface area contributed by atoms with Crippen molar-refractivity contribution in [2.45, 2.75) is 20.4 Å². The van der Waals surface area contributed by atoms with Gasteiger partial charge in [0.2, 0.25) is 0 Å². The van der Waals surface area contributed by atoms with Gasteiger partial charge in [-0.1, -0.05) is 0 Å². The maximum Gasteiger partial charge on any atom is 0.269 e. The summed E-state index contributed by atoms with van der Waals surface area (Å²) in [4.78, 5) is 28.0. The van der Waals surface area contributed by atoms with Crippen molar-refractivity contribution in [3.8, 4) is 0 Å². The highest BCUT2D eigenvalue weighted by atomic mass is 32.1. The number of nitrogens with zero attached hydrogens (tertiary/aromatic N) is 3. The van der Waals surface area contributed by atoms with E-state index >= 15 is 0 Å². The zero-order valence-corrected chi connectivity index (χ0v) is 12.8. The van der Waals surface area contributed by atoms with Crippen molar-refractivity contribution in [3.63, 3.8) is 0 Å². The summed E-state index contributed by atoms with van der Waals surface area (Å²) in [5.74, 6) is -0.0842. The number of aromatic nitrogens is 2. The molecule has 0 saturated carbocycles. The van der Waals surface area contributed by atoms with E-state index in [-0.39, 0.29) is 17.9 Å². The van der Waals surface area contributed by atoms with Gasteiger partial charge < -0.3 is 4.90 Å². The fraction of sp³-hybridized carbons (Fsp3) is 0.357. The van der Waals surface area contributed by atoms with E-state index < -0.39 is 0 Å². The van der Waals surface area contributed by atoms with E-state index in [0.717, 1.165) is 15.4 Å². The Morgan fingerprint density at radius 2 is 2.05 bits per heavy atom. The fourth-order valence-corrected chi connectivity index (χ4v) is 2.86. The average molecular weight is 291 g/mol. The first-order valence-corrected chi connectivity index (χ1v) is 7.05. The zero-order chi connectivity index (χ0) is 14.9. The lowest BCUT2D eigenvalue weighted by molar-refractivity contribution is 0.0965. The van der Waals surface area contributed by atoms with Gasteiger partial charge in [-0.2, -0.15) is 5.10 Å². The van der Waals surface area contributed by atoms with Gasteiger partial charge in [-0.05, 0) is 19.9 Å². The summed E-state index contributed by atoms with van der Waals surface area (Å²) >= 11 is 1.58. The monoisotopic (exact) mass is 291 g/mol. The highest BCUT2D eigenvalue weighted by molar-refractivity contribution is 7.12. The van der Waals surface area contributed by atoms with Gasteiger partial charge in [0.25, 0.3) is 5.56 Å². The van der Waals surface area contributed by atoms with Crippen molar-refractivity contribution in [1.82, 2.24) is 9.78 Å². The molecule has 0 aliphatic rings. The van der Waals surface area contributed by atoms with Gasteiger partial charge in [-0.15, -0.1) is 11.3 Å². The number of thiophene rings is 1. The summed E-state index contributed by atoms with van der Waals surface area (Å²) in [5.41, 5.74) is 1.13. The average Bonchev–Trinajstić information content (AvgIpc) is 2.70. The third-order valence-corrected chi connectivity index (χ3v) is 3.97. The van der Waals surface area contributed by atoms with Crippen LogP contribution in [0.1, 0.15) is 20.1 Å². The smallest absolute Gasteiger partial charge is 0.269 e. The number of Topliss-reactive ketones (excluding diaryl/α,β-unsaturated/α-hetero) is 1. The van der Waals surface area contributed by atoms with E-state index in [2.05, 4.69) is 5.10 Å². The topological polar surface area (TPSA) is 55.2 Å². The molecule has 0 fully saturated rings. The summed E-state index contributed by atoms with van der Waals surface area (Å²) in [6.07, 6.45) is 1.58. The van der Waals surface area contributed by atoms with Gasteiger partial charge in [-0.25, -0.2) is 4.68 Å². The molecule has 0 amide bonds. The molecular weight excluding hydrogens is 274 g/mol. The van der Waals surface area contributed by atoms with E-state index in [1.807, 2.05) is 34.0 Å². The minimum absolute atomic E-state index is 0.0243. The standard InChI is InChI=1S/C14H17N3O2S/c1-9-5-12(10(2)20-9)13(18)8-17-14(19)6-11(7-15-17)16(3)4/h5-7H,8H2,1-4H3. The van der Waals surface area contributed by atoms with Gasteiger partial charge in [0.15, 0.2) is 5.78 Å². The number of ketones is 1. The fourth-order valence-electron chi connectivity index (χ4n) is 1.92. The molecule has 2 aromatic heterocycles. The molecular formula is C14H17N3O2S. The Kier molecular flexibility index (Phi) is 4.04. The van der Waals surface area contributed by atoms with E-state index in [0.29, 0.717) is 5.56 Å². The molecule has 0 aromatic carbocycles. The molecule has 2 aromatic rings. The van der Waals surface area contributed by atoms with E-state index in [9.17, 15) is 9.59 Å². The first-order valence-electron chi connectivity index (χ1n) is 6.23. The van der Waals surface area contributed by atoms with E-state index in [4.69, 9.17) is 0 Å². The van der Waals surface area contributed by atoms with Gasteiger partial charge in [0.05, 0.1) is 11.9 Å². The molecule has 6 heteroatoms. The number of aryl methyl sites for hydroxylation is 2. The lowest BCUT2D eigenvalue weighted by atomic mass is 10.1. The van der Waals surface area contributed by atoms with E-state index in [1.165, 1.54) is 10.7 Å². The lowest BCUT2D eigenvalue weighted by Crippen LogP contribution is -2.27. The number of rotatable bonds is 4. The van der Waals surface area contributed by atoms with Crippen molar-refractivity contribution in [3.05, 3.63) is 44.0 Å². The Bertz CT molecular complexity index is 701. The molecule has 2 heterocycles. The Morgan fingerprint density at radius 3 is 2.55 bits per heavy atom. The maximum atomic E-state index is 12.2. The molecule has 20 heavy (non-hydrogen) atoms. The second-order valence-corrected chi connectivity index (χ2v) is 6.31. The maximum absolute atomic E-state index is 12.2. The summed E-state index contributed by atoms with van der Waals surface area (Å²) in [5, 5.41) is 4.05. The van der Waals surface area contributed by atoms with Crippen LogP contribution in [0.2, 0.25) is 0 Å². The molecule has 0 atom stereocenters. The van der Waals surface area contributed by atoms with Crippen LogP contribution in [-0.2, 0) is 6.54 Å². The van der Waals surface area contributed by atoms with Crippen molar-refractivity contribution in [2.75, 3.05) is 19.0 Å². The molecule has 0 spiro atoms. The summed E-state index contributed by atoms with van der Waals surface area (Å²) in [7, 11) is 3.67. The van der Waals surface area contributed by atoms with Crippen molar-refractivity contribution in [2.24, 2.45) is 0 Å². The van der Waals surface area contributed by atoms with Gasteiger partial charge >= 0.3 is 0 Å². The van der Waals surface area contributed by atoms with E-state index in [1.54, 1.807) is 22.4 Å². The minimum atomic E-state index is -0.269. The first-order chi connectivity index (χ1) is 9.38. The predicted octanol–water partition coefficient (Wildman–Crippen LogP) is 1.87. The predicted molar refractivity (Wildman–Crippen MR) is 80.9 cm³/mol. The highest BCUT2D eigenvalue weighted by Crippen LogP contribution is 2.21. The van der Waals surface area contributed by atoms with Crippen LogP contribution in [0.4, 0.5) is 5.69 Å². The summed E-state index contributed by atoms with van der Waals surface area (Å²) in [6.45, 7) is 3.85. The normalized spacial score (nSPS) is 10.6. The Morgan fingerprint density at radius 1 is 1.35 bits per heavy atom. The second-order valence-electron chi connectivity index (χ2n) is 4.85. The molecule has 5 nitrogen and oxygen atoms in total. The molecule has 0 bridgehead atoms. The number of hydrogen-bond acceptors (Lipinski definition) is 5. The molecule has 0 N–H and O–H groups in total. The Labute approximate surface area is 121 Å². The third-order valence-electron chi connectivity index (χ3n) is 3.01. The number of hydrogen-bond donors (Lipinski definition) is 0. The number of anilines is 1. The van der Waals surface area contributed by atoms with Crippen molar-refractivity contribution in [1.29, 1.82) is 0 Å². The van der Waals surface area contributed by atoms with Crippen molar-refractivity contribution >= 4 is 22.8 Å². The molecule has 0 unspecified atom stereocenters. The quantitative estimate of drug-likeness (QED) is 0.807. The first kappa shape index (κ1) is 14.5.